The Hall–Kier alpha value is -2.32. The normalized spacial score (nSPS) is 17.7. The number of amides is 1. The van der Waals surface area contributed by atoms with Crippen LogP contribution >= 0.6 is 28.1 Å². The van der Waals surface area contributed by atoms with Gasteiger partial charge in [0.05, 0.1) is 12.8 Å². The van der Waals surface area contributed by atoms with Crippen LogP contribution in [0.3, 0.4) is 0 Å². The molecule has 8 heteroatoms. The molecule has 2 aliphatic rings. The number of carbonyl (C=O) groups excluding carboxylic acids is 1. The lowest BCUT2D eigenvalue weighted by Crippen LogP contribution is -2.29. The number of nitrogens with zero attached hydrogens (tertiary/aromatic N) is 1. The quantitative estimate of drug-likeness (QED) is 0.624. The first-order valence-electron chi connectivity index (χ1n) is 7.08. The second-order valence-corrected chi connectivity index (χ2v) is 6.43. The lowest BCUT2D eigenvalue weighted by atomic mass is 10.1. The Balaban J connectivity index is 1.62. The highest BCUT2D eigenvalue weighted by Gasteiger charge is 2.31. The van der Waals surface area contributed by atoms with Crippen LogP contribution < -0.4 is 14.8 Å². The number of hydrogen-bond donors (Lipinski definition) is 1. The number of hydrogen-bond acceptors (Lipinski definition) is 5. The third kappa shape index (κ3) is 2.67. The first kappa shape index (κ1) is 15.2. The van der Waals surface area contributed by atoms with Gasteiger partial charge in [-0.1, -0.05) is 15.9 Å². The summed E-state index contributed by atoms with van der Waals surface area (Å²) >= 11 is 8.73. The van der Waals surface area contributed by atoms with E-state index in [1.165, 1.54) is 4.90 Å². The molecule has 1 saturated heterocycles. The molecule has 0 aliphatic carbocycles. The average Bonchev–Trinajstić information content (AvgIpc) is 3.26. The summed E-state index contributed by atoms with van der Waals surface area (Å²) in [6, 6.07) is 7.19. The molecule has 24 heavy (non-hydrogen) atoms. The van der Waals surface area contributed by atoms with E-state index in [4.69, 9.17) is 26.1 Å². The Morgan fingerprint density at radius 1 is 1.33 bits per heavy atom. The molecular weight excluding hydrogens is 396 g/mol. The second kappa shape index (κ2) is 5.95. The highest BCUT2D eigenvalue weighted by Crippen LogP contribution is 2.37. The van der Waals surface area contributed by atoms with E-state index in [1.54, 1.807) is 24.5 Å². The average molecular weight is 407 g/mol. The molecule has 1 aromatic carbocycles. The molecule has 4 rings (SSSR count). The van der Waals surface area contributed by atoms with Crippen LogP contribution in [0.25, 0.3) is 6.08 Å². The fraction of sp³-hybridized carbons (Fsp3) is 0.125. The van der Waals surface area contributed by atoms with Crippen LogP contribution in [0.15, 0.2) is 45.1 Å². The SMILES string of the molecule is O=C1C(=Cc2cc3c(cc2Br)OCO3)NC(=S)N1Cc1ccco1. The van der Waals surface area contributed by atoms with Gasteiger partial charge in [-0.05, 0) is 48.1 Å². The van der Waals surface area contributed by atoms with Gasteiger partial charge in [-0.15, -0.1) is 0 Å². The molecule has 0 radical (unpaired) electrons. The van der Waals surface area contributed by atoms with Gasteiger partial charge in [0.2, 0.25) is 6.79 Å². The van der Waals surface area contributed by atoms with Crippen LogP contribution in [0.4, 0.5) is 0 Å². The molecule has 1 fully saturated rings. The summed E-state index contributed by atoms with van der Waals surface area (Å²) in [5.41, 5.74) is 1.18. The fourth-order valence-electron chi connectivity index (χ4n) is 2.47. The van der Waals surface area contributed by atoms with Crippen LogP contribution in [-0.4, -0.2) is 22.7 Å². The number of furan rings is 1. The summed E-state index contributed by atoms with van der Waals surface area (Å²) in [6.45, 7) is 0.483. The topological polar surface area (TPSA) is 63.9 Å². The summed E-state index contributed by atoms with van der Waals surface area (Å²) in [6.07, 6.45) is 3.29. The van der Waals surface area contributed by atoms with Crippen molar-refractivity contribution < 1.29 is 18.7 Å². The Labute approximate surface area is 151 Å². The smallest absolute Gasteiger partial charge is 0.276 e. The first-order valence-corrected chi connectivity index (χ1v) is 8.28. The van der Waals surface area contributed by atoms with Gasteiger partial charge in [-0.25, -0.2) is 0 Å². The summed E-state index contributed by atoms with van der Waals surface area (Å²) in [4.78, 5) is 14.0. The summed E-state index contributed by atoms with van der Waals surface area (Å²) in [7, 11) is 0. The van der Waals surface area contributed by atoms with Crippen molar-refractivity contribution >= 4 is 45.2 Å². The van der Waals surface area contributed by atoms with Gasteiger partial charge in [0.25, 0.3) is 5.91 Å². The van der Waals surface area contributed by atoms with Gasteiger partial charge in [-0.3, -0.25) is 9.69 Å². The Morgan fingerprint density at radius 3 is 2.88 bits per heavy atom. The number of nitrogens with one attached hydrogen (secondary N) is 1. The number of halogens is 1. The molecule has 2 aliphatic heterocycles. The van der Waals surface area contributed by atoms with Gasteiger partial charge >= 0.3 is 0 Å². The molecule has 0 spiro atoms. The molecule has 2 aromatic rings. The molecule has 0 atom stereocenters. The van der Waals surface area contributed by atoms with Crippen LogP contribution in [0.1, 0.15) is 11.3 Å². The standard InChI is InChI=1S/C16H11BrN2O4S/c17-11-6-14-13(22-8-23-14)5-9(11)4-12-15(20)19(16(24)18-12)7-10-2-1-3-21-10/h1-6H,7-8H2,(H,18,24). The highest BCUT2D eigenvalue weighted by molar-refractivity contribution is 9.10. The van der Waals surface area contributed by atoms with Crippen LogP contribution in [0.5, 0.6) is 11.5 Å². The molecule has 122 valence electrons. The van der Waals surface area contributed by atoms with E-state index in [9.17, 15) is 4.79 Å². The maximum Gasteiger partial charge on any atom is 0.276 e. The van der Waals surface area contributed by atoms with Crippen molar-refractivity contribution in [3.63, 3.8) is 0 Å². The van der Waals surface area contributed by atoms with E-state index in [2.05, 4.69) is 21.2 Å². The largest absolute Gasteiger partial charge is 0.467 e. The van der Waals surface area contributed by atoms with E-state index in [0.29, 0.717) is 28.1 Å². The zero-order valence-corrected chi connectivity index (χ0v) is 14.6. The van der Waals surface area contributed by atoms with Gasteiger partial charge in [0, 0.05) is 4.47 Å². The summed E-state index contributed by atoms with van der Waals surface area (Å²) in [5, 5.41) is 3.29. The number of fused-ring (bicyclic) bond motifs is 1. The molecule has 0 unspecified atom stereocenters. The van der Waals surface area contributed by atoms with Crippen molar-refractivity contribution in [1.82, 2.24) is 10.2 Å². The monoisotopic (exact) mass is 406 g/mol. The molecule has 6 nitrogen and oxygen atoms in total. The summed E-state index contributed by atoms with van der Waals surface area (Å²) < 4.78 is 16.8. The van der Waals surface area contributed by atoms with Crippen molar-refractivity contribution in [2.24, 2.45) is 0 Å². The third-order valence-electron chi connectivity index (χ3n) is 3.65. The van der Waals surface area contributed by atoms with E-state index in [-0.39, 0.29) is 19.2 Å². The Bertz CT molecular complexity index is 863. The van der Waals surface area contributed by atoms with Gasteiger partial charge < -0.3 is 19.2 Å². The van der Waals surface area contributed by atoms with Crippen molar-refractivity contribution in [1.29, 1.82) is 0 Å². The molecule has 3 heterocycles. The predicted octanol–water partition coefficient (Wildman–Crippen LogP) is 3.03. The minimum Gasteiger partial charge on any atom is -0.467 e. The number of rotatable bonds is 3. The van der Waals surface area contributed by atoms with Crippen molar-refractivity contribution in [3.05, 3.63) is 52.0 Å². The van der Waals surface area contributed by atoms with E-state index < -0.39 is 0 Å². The Morgan fingerprint density at radius 2 is 2.12 bits per heavy atom. The third-order valence-corrected chi connectivity index (χ3v) is 4.66. The minimum absolute atomic E-state index is 0.194. The van der Waals surface area contributed by atoms with Crippen molar-refractivity contribution in [2.45, 2.75) is 6.54 Å². The summed E-state index contributed by atoms with van der Waals surface area (Å²) in [5.74, 6) is 1.77. The fourth-order valence-corrected chi connectivity index (χ4v) is 3.17. The van der Waals surface area contributed by atoms with E-state index >= 15 is 0 Å². The van der Waals surface area contributed by atoms with Gasteiger partial charge in [0.1, 0.15) is 11.5 Å². The second-order valence-electron chi connectivity index (χ2n) is 5.19. The van der Waals surface area contributed by atoms with E-state index in [1.807, 2.05) is 12.1 Å². The first-order chi connectivity index (χ1) is 11.6. The maximum absolute atomic E-state index is 12.6. The molecular formula is C16H11BrN2O4S. The van der Waals surface area contributed by atoms with Crippen LogP contribution in [-0.2, 0) is 11.3 Å². The number of thiocarbonyl (C=S) groups is 1. The zero-order valence-electron chi connectivity index (χ0n) is 12.2. The molecule has 1 amide bonds. The maximum atomic E-state index is 12.6. The Kier molecular flexibility index (Phi) is 3.78. The molecule has 1 aromatic heterocycles. The lowest BCUT2D eigenvalue weighted by Gasteiger charge is -2.11. The predicted molar refractivity (Wildman–Crippen MR) is 93.2 cm³/mol. The molecule has 0 bridgehead atoms. The molecule has 1 N–H and O–H groups in total. The van der Waals surface area contributed by atoms with E-state index in [0.717, 1.165) is 10.0 Å². The van der Waals surface area contributed by atoms with Crippen molar-refractivity contribution in [2.75, 3.05) is 6.79 Å². The highest BCUT2D eigenvalue weighted by atomic mass is 79.9. The molecule has 0 saturated carbocycles. The number of ether oxygens (including phenoxy) is 2. The van der Waals surface area contributed by atoms with Crippen LogP contribution in [0, 0.1) is 0 Å². The van der Waals surface area contributed by atoms with Gasteiger partial charge in [-0.2, -0.15) is 0 Å². The zero-order chi connectivity index (χ0) is 16.7. The van der Waals surface area contributed by atoms with Crippen molar-refractivity contribution in [3.8, 4) is 11.5 Å². The van der Waals surface area contributed by atoms with Crippen LogP contribution in [0.2, 0.25) is 0 Å². The number of benzene rings is 1. The van der Waals surface area contributed by atoms with Gasteiger partial charge in [0.15, 0.2) is 16.6 Å². The number of carbonyl (C=O) groups is 1. The lowest BCUT2D eigenvalue weighted by molar-refractivity contribution is -0.122. The minimum atomic E-state index is -0.207.